The van der Waals surface area contributed by atoms with Gasteiger partial charge in [0.15, 0.2) is 0 Å². The molecule has 0 atom stereocenters. The molecule has 2 aromatic carbocycles. The van der Waals surface area contributed by atoms with Gasteiger partial charge in [-0.05, 0) is 62.3 Å². The number of likely N-dealkylation sites (tertiary alicyclic amines) is 1. The Bertz CT molecular complexity index is 1270. The van der Waals surface area contributed by atoms with Crippen molar-refractivity contribution in [1.82, 2.24) is 25.1 Å². The molecule has 8 heteroatoms. The zero-order valence-electron chi connectivity index (χ0n) is 16.3. The maximum atomic E-state index is 12.4. The molecule has 4 aromatic rings. The first-order valence-electron chi connectivity index (χ1n) is 10.1. The van der Waals surface area contributed by atoms with Crippen molar-refractivity contribution < 1.29 is 0 Å². The Morgan fingerprint density at radius 3 is 2.47 bits per heavy atom. The van der Waals surface area contributed by atoms with Gasteiger partial charge >= 0.3 is 0 Å². The zero-order valence-corrected chi connectivity index (χ0v) is 17.8. The summed E-state index contributed by atoms with van der Waals surface area (Å²) in [5.41, 5.74) is 2.64. The van der Waals surface area contributed by atoms with Gasteiger partial charge in [0.2, 0.25) is 0 Å². The van der Waals surface area contributed by atoms with Crippen LogP contribution < -0.4 is 5.56 Å². The maximum absolute atomic E-state index is 12.4. The number of halogens is 2. The van der Waals surface area contributed by atoms with Crippen LogP contribution in [0.2, 0.25) is 10.0 Å². The van der Waals surface area contributed by atoms with E-state index in [1.165, 1.54) is 0 Å². The minimum atomic E-state index is -0.121. The monoisotopic (exact) mass is 441 g/mol. The van der Waals surface area contributed by atoms with Crippen molar-refractivity contribution in [2.75, 3.05) is 19.6 Å². The number of hydrogen-bond acceptors (Lipinski definition) is 4. The van der Waals surface area contributed by atoms with Gasteiger partial charge in [0, 0.05) is 40.0 Å². The third-order valence-electron chi connectivity index (χ3n) is 5.93. The molecule has 5 rings (SSSR count). The summed E-state index contributed by atoms with van der Waals surface area (Å²) >= 11 is 12.1. The second-order valence-electron chi connectivity index (χ2n) is 7.84. The predicted molar refractivity (Wildman–Crippen MR) is 121 cm³/mol. The van der Waals surface area contributed by atoms with E-state index in [1.54, 1.807) is 12.1 Å². The van der Waals surface area contributed by atoms with Crippen LogP contribution in [-0.2, 0) is 6.42 Å². The Kier molecular flexibility index (Phi) is 5.23. The number of aromatic amines is 2. The summed E-state index contributed by atoms with van der Waals surface area (Å²) in [5.74, 6) is 1.05. The first kappa shape index (κ1) is 19.5. The molecular formula is C22H21Cl2N5O. The lowest BCUT2D eigenvalue weighted by Gasteiger charge is -2.31. The number of hydrogen-bond donors (Lipinski definition) is 2. The second-order valence-corrected chi connectivity index (χ2v) is 8.72. The number of benzene rings is 2. The fourth-order valence-electron chi connectivity index (χ4n) is 4.25. The van der Waals surface area contributed by atoms with Crippen molar-refractivity contribution in [3.05, 3.63) is 68.3 Å². The molecule has 2 N–H and O–H groups in total. The average molecular weight is 442 g/mol. The molecule has 0 amide bonds. The number of rotatable bonds is 4. The number of H-pyrrole nitrogens is 2. The van der Waals surface area contributed by atoms with E-state index in [9.17, 15) is 4.79 Å². The van der Waals surface area contributed by atoms with Crippen molar-refractivity contribution in [2.45, 2.75) is 25.2 Å². The molecule has 0 bridgehead atoms. The summed E-state index contributed by atoms with van der Waals surface area (Å²) in [6, 6.07) is 11.0. The van der Waals surface area contributed by atoms with E-state index in [0.29, 0.717) is 15.9 Å². The lowest BCUT2D eigenvalue weighted by molar-refractivity contribution is 0.211. The third-order valence-corrected chi connectivity index (χ3v) is 6.40. The van der Waals surface area contributed by atoms with Crippen molar-refractivity contribution in [3.8, 4) is 0 Å². The second kappa shape index (κ2) is 8.02. The van der Waals surface area contributed by atoms with Gasteiger partial charge in [-0.25, -0.2) is 4.98 Å². The smallest absolute Gasteiger partial charge is 0.258 e. The highest BCUT2D eigenvalue weighted by molar-refractivity contribution is 6.31. The summed E-state index contributed by atoms with van der Waals surface area (Å²) in [6.07, 6.45) is 2.84. The van der Waals surface area contributed by atoms with Gasteiger partial charge in [0.25, 0.3) is 5.56 Å². The maximum Gasteiger partial charge on any atom is 0.258 e. The van der Waals surface area contributed by atoms with Crippen LogP contribution in [0.25, 0.3) is 21.8 Å². The zero-order chi connectivity index (χ0) is 20.7. The molecule has 154 valence electrons. The van der Waals surface area contributed by atoms with Gasteiger partial charge in [-0.15, -0.1) is 0 Å². The molecule has 1 saturated heterocycles. The van der Waals surface area contributed by atoms with Gasteiger partial charge < -0.3 is 9.88 Å². The molecule has 2 aromatic heterocycles. The summed E-state index contributed by atoms with van der Waals surface area (Å²) in [5, 5.41) is 10.4. The van der Waals surface area contributed by atoms with Crippen LogP contribution in [0.3, 0.4) is 0 Å². The molecule has 30 heavy (non-hydrogen) atoms. The number of aromatic nitrogens is 4. The van der Waals surface area contributed by atoms with Gasteiger partial charge in [-0.1, -0.05) is 23.2 Å². The molecule has 1 aliphatic heterocycles. The predicted octanol–water partition coefficient (Wildman–Crippen LogP) is 4.53. The largest absolute Gasteiger partial charge is 0.310 e. The fourth-order valence-corrected chi connectivity index (χ4v) is 4.59. The molecule has 0 radical (unpaired) electrons. The van der Waals surface area contributed by atoms with Crippen molar-refractivity contribution in [1.29, 1.82) is 0 Å². The minimum Gasteiger partial charge on any atom is -0.310 e. The Morgan fingerprint density at radius 1 is 1.00 bits per heavy atom. The number of nitrogens with zero attached hydrogens (tertiary/aromatic N) is 3. The van der Waals surface area contributed by atoms with Crippen LogP contribution in [0.4, 0.5) is 0 Å². The fraction of sp³-hybridized carbons (Fsp3) is 0.318. The van der Waals surface area contributed by atoms with Crippen molar-refractivity contribution in [3.63, 3.8) is 0 Å². The van der Waals surface area contributed by atoms with E-state index in [4.69, 9.17) is 28.2 Å². The summed E-state index contributed by atoms with van der Waals surface area (Å²) < 4.78 is 0. The Morgan fingerprint density at radius 2 is 1.70 bits per heavy atom. The number of fused-ring (bicyclic) bond motifs is 2. The average Bonchev–Trinajstić information content (AvgIpc) is 3.15. The van der Waals surface area contributed by atoms with Crippen LogP contribution >= 0.6 is 23.2 Å². The van der Waals surface area contributed by atoms with Crippen molar-refractivity contribution in [2.24, 2.45) is 0 Å². The first-order chi connectivity index (χ1) is 14.6. The van der Waals surface area contributed by atoms with Gasteiger partial charge in [0.1, 0.15) is 5.82 Å². The van der Waals surface area contributed by atoms with Crippen LogP contribution in [0.15, 0.2) is 41.2 Å². The molecule has 0 saturated carbocycles. The van der Waals surface area contributed by atoms with E-state index in [2.05, 4.69) is 20.1 Å². The first-order valence-corrected chi connectivity index (χ1v) is 10.9. The SMILES string of the molecule is O=c1[nH]c(C2CCN(CCc3[nH]nc4ccc(Cl)cc34)CC2)nc2ccc(Cl)cc12. The summed E-state index contributed by atoms with van der Waals surface area (Å²) in [6.45, 7) is 2.90. The molecule has 1 fully saturated rings. The number of nitrogens with one attached hydrogen (secondary N) is 2. The molecule has 0 aliphatic carbocycles. The van der Waals surface area contributed by atoms with Gasteiger partial charge in [-0.3, -0.25) is 9.89 Å². The topological polar surface area (TPSA) is 77.7 Å². The lowest BCUT2D eigenvalue weighted by Crippen LogP contribution is -2.35. The molecule has 3 heterocycles. The Balaban J connectivity index is 1.24. The third kappa shape index (κ3) is 3.83. The normalized spacial score (nSPS) is 15.9. The molecule has 0 spiro atoms. The highest BCUT2D eigenvalue weighted by Gasteiger charge is 2.23. The Hall–Kier alpha value is -2.41. The van der Waals surface area contributed by atoms with Crippen molar-refractivity contribution >= 4 is 45.0 Å². The molecule has 6 nitrogen and oxygen atoms in total. The van der Waals surface area contributed by atoms with Gasteiger partial charge in [0.05, 0.1) is 16.4 Å². The Labute approximate surface area is 183 Å². The van der Waals surface area contributed by atoms with Crippen LogP contribution in [0.1, 0.15) is 30.3 Å². The van der Waals surface area contributed by atoms with E-state index in [0.717, 1.165) is 66.3 Å². The standard InChI is InChI=1S/C22H21Cl2N5O/c23-14-2-4-19-16(11-14)20(28-27-19)7-10-29-8-5-13(6-9-29)21-25-18-3-1-15(24)12-17(18)22(30)26-21/h1-4,11-13H,5-10H2,(H,27,28)(H,25,26,30). The van der Waals surface area contributed by atoms with E-state index in [1.807, 2.05) is 24.3 Å². The quantitative estimate of drug-likeness (QED) is 0.487. The molecule has 0 unspecified atom stereocenters. The van der Waals surface area contributed by atoms with Crippen LogP contribution in [0.5, 0.6) is 0 Å². The van der Waals surface area contributed by atoms with Crippen LogP contribution in [0, 0.1) is 0 Å². The summed E-state index contributed by atoms with van der Waals surface area (Å²) in [4.78, 5) is 22.6. The van der Waals surface area contributed by atoms with E-state index < -0.39 is 0 Å². The molecule has 1 aliphatic rings. The molecular weight excluding hydrogens is 421 g/mol. The minimum absolute atomic E-state index is 0.121. The summed E-state index contributed by atoms with van der Waals surface area (Å²) in [7, 11) is 0. The highest BCUT2D eigenvalue weighted by atomic mass is 35.5. The number of piperidine rings is 1. The van der Waals surface area contributed by atoms with E-state index in [-0.39, 0.29) is 11.5 Å². The van der Waals surface area contributed by atoms with Gasteiger partial charge in [-0.2, -0.15) is 5.10 Å². The lowest BCUT2D eigenvalue weighted by atomic mass is 9.95. The van der Waals surface area contributed by atoms with E-state index >= 15 is 0 Å². The van der Waals surface area contributed by atoms with Crippen LogP contribution in [-0.4, -0.2) is 44.7 Å². The highest BCUT2D eigenvalue weighted by Crippen LogP contribution is 2.27.